The molecule has 0 aliphatic heterocycles. The molecule has 0 bridgehead atoms. The van der Waals surface area contributed by atoms with E-state index in [1.807, 2.05) is 4.57 Å². The standard InChI is InChI=1S/C16H14F3N5O/c17-16(18,19)9-1-4-13-12(5-9)14(23-22-13)15(25)21-7-11-6-20-8-24(11)10-2-3-10/h1,4-6,8,10H,2-3,7H2,(H,21,25)(H,22,23). The van der Waals surface area contributed by atoms with Crippen LogP contribution in [0.5, 0.6) is 0 Å². The lowest BCUT2D eigenvalue weighted by Crippen LogP contribution is -2.24. The van der Waals surface area contributed by atoms with Crippen LogP contribution in [0.4, 0.5) is 13.2 Å². The molecule has 2 aromatic heterocycles. The van der Waals surface area contributed by atoms with Gasteiger partial charge in [-0.05, 0) is 31.0 Å². The largest absolute Gasteiger partial charge is 0.416 e. The average molecular weight is 349 g/mol. The van der Waals surface area contributed by atoms with Gasteiger partial charge in [-0.2, -0.15) is 18.3 Å². The summed E-state index contributed by atoms with van der Waals surface area (Å²) in [6, 6.07) is 3.58. The minimum absolute atomic E-state index is 0.0569. The summed E-state index contributed by atoms with van der Waals surface area (Å²) < 4.78 is 40.6. The molecule has 1 fully saturated rings. The molecule has 0 saturated heterocycles. The molecule has 130 valence electrons. The molecule has 0 unspecified atom stereocenters. The van der Waals surface area contributed by atoms with Crippen LogP contribution < -0.4 is 5.32 Å². The lowest BCUT2D eigenvalue weighted by molar-refractivity contribution is -0.137. The van der Waals surface area contributed by atoms with Crippen molar-refractivity contribution in [3.63, 3.8) is 0 Å². The van der Waals surface area contributed by atoms with Gasteiger partial charge in [-0.3, -0.25) is 9.89 Å². The Morgan fingerprint density at radius 2 is 2.16 bits per heavy atom. The lowest BCUT2D eigenvalue weighted by atomic mass is 10.1. The molecule has 0 radical (unpaired) electrons. The van der Waals surface area contributed by atoms with E-state index in [-0.39, 0.29) is 17.6 Å². The number of aromatic amines is 1. The maximum Gasteiger partial charge on any atom is 0.416 e. The summed E-state index contributed by atoms with van der Waals surface area (Å²) in [4.78, 5) is 16.4. The lowest BCUT2D eigenvalue weighted by Gasteiger charge is -2.08. The van der Waals surface area contributed by atoms with E-state index in [0.29, 0.717) is 11.6 Å². The smallest absolute Gasteiger partial charge is 0.345 e. The van der Waals surface area contributed by atoms with Gasteiger partial charge in [0.15, 0.2) is 5.69 Å². The predicted molar refractivity (Wildman–Crippen MR) is 82.8 cm³/mol. The first-order valence-electron chi connectivity index (χ1n) is 7.77. The highest BCUT2D eigenvalue weighted by molar-refractivity contribution is 6.04. The van der Waals surface area contributed by atoms with Crippen molar-refractivity contribution in [2.45, 2.75) is 31.6 Å². The zero-order chi connectivity index (χ0) is 17.6. The van der Waals surface area contributed by atoms with E-state index in [2.05, 4.69) is 20.5 Å². The Morgan fingerprint density at radius 3 is 2.88 bits per heavy atom. The van der Waals surface area contributed by atoms with Crippen molar-refractivity contribution in [3.8, 4) is 0 Å². The van der Waals surface area contributed by atoms with Crippen LogP contribution in [0.3, 0.4) is 0 Å². The molecule has 2 N–H and O–H groups in total. The predicted octanol–water partition coefficient (Wildman–Crippen LogP) is 3.04. The number of aromatic nitrogens is 4. The molecular weight excluding hydrogens is 335 g/mol. The number of imidazole rings is 1. The quantitative estimate of drug-likeness (QED) is 0.760. The number of carbonyl (C=O) groups excluding carboxylic acids is 1. The number of benzene rings is 1. The van der Waals surface area contributed by atoms with Gasteiger partial charge in [0.05, 0.1) is 29.6 Å². The molecule has 6 nitrogen and oxygen atoms in total. The molecule has 1 amide bonds. The fourth-order valence-corrected chi connectivity index (χ4v) is 2.77. The normalized spacial score (nSPS) is 14.8. The number of hydrogen-bond acceptors (Lipinski definition) is 3. The number of halogens is 3. The van der Waals surface area contributed by atoms with Crippen molar-refractivity contribution in [1.29, 1.82) is 0 Å². The van der Waals surface area contributed by atoms with Crippen molar-refractivity contribution in [2.75, 3.05) is 0 Å². The van der Waals surface area contributed by atoms with E-state index in [0.717, 1.165) is 30.7 Å². The van der Waals surface area contributed by atoms with Gasteiger partial charge in [-0.25, -0.2) is 4.98 Å². The molecule has 9 heteroatoms. The van der Waals surface area contributed by atoms with Crippen molar-refractivity contribution >= 4 is 16.8 Å². The molecule has 0 spiro atoms. The zero-order valence-electron chi connectivity index (χ0n) is 13.0. The van der Waals surface area contributed by atoms with Crippen LogP contribution in [0.1, 0.15) is 40.6 Å². The number of H-pyrrole nitrogens is 1. The molecule has 1 aromatic carbocycles. The van der Waals surface area contributed by atoms with Gasteiger partial charge in [0.1, 0.15) is 0 Å². The number of nitrogens with zero attached hydrogens (tertiary/aromatic N) is 3. The monoisotopic (exact) mass is 349 g/mol. The SMILES string of the molecule is O=C(NCc1cncn1C1CC1)c1n[nH]c2ccc(C(F)(F)F)cc12. The number of rotatable bonds is 4. The van der Waals surface area contributed by atoms with E-state index in [1.165, 1.54) is 6.07 Å². The Kier molecular flexibility index (Phi) is 3.52. The zero-order valence-corrected chi connectivity index (χ0v) is 13.0. The van der Waals surface area contributed by atoms with Crippen LogP contribution >= 0.6 is 0 Å². The Bertz CT molecular complexity index is 939. The molecule has 3 aromatic rings. The third-order valence-electron chi connectivity index (χ3n) is 4.22. The fraction of sp³-hybridized carbons (Fsp3) is 0.312. The van der Waals surface area contributed by atoms with E-state index < -0.39 is 17.6 Å². The van der Waals surface area contributed by atoms with Crippen molar-refractivity contribution in [1.82, 2.24) is 25.1 Å². The molecule has 1 aliphatic rings. The summed E-state index contributed by atoms with van der Waals surface area (Å²) >= 11 is 0. The second-order valence-corrected chi connectivity index (χ2v) is 6.04. The molecule has 0 atom stereocenters. The first-order chi connectivity index (χ1) is 11.9. The second-order valence-electron chi connectivity index (χ2n) is 6.04. The average Bonchev–Trinajstić information content (AvgIpc) is 3.16. The molecule has 1 saturated carbocycles. The summed E-state index contributed by atoms with van der Waals surface area (Å²) in [5, 5.41) is 9.29. The van der Waals surface area contributed by atoms with Gasteiger partial charge in [-0.1, -0.05) is 0 Å². The highest BCUT2D eigenvalue weighted by atomic mass is 19.4. The van der Waals surface area contributed by atoms with Gasteiger partial charge >= 0.3 is 6.18 Å². The van der Waals surface area contributed by atoms with Gasteiger partial charge < -0.3 is 9.88 Å². The van der Waals surface area contributed by atoms with Crippen molar-refractivity contribution in [3.05, 3.63) is 47.7 Å². The second kappa shape index (κ2) is 5.61. The minimum atomic E-state index is -4.48. The van der Waals surface area contributed by atoms with E-state index in [9.17, 15) is 18.0 Å². The van der Waals surface area contributed by atoms with Gasteiger partial charge in [0.25, 0.3) is 5.91 Å². The molecule has 4 rings (SSSR count). The van der Waals surface area contributed by atoms with E-state index >= 15 is 0 Å². The third-order valence-corrected chi connectivity index (χ3v) is 4.22. The minimum Gasteiger partial charge on any atom is -0.345 e. The maximum atomic E-state index is 12.9. The summed E-state index contributed by atoms with van der Waals surface area (Å²) in [6.45, 7) is 0.239. The first kappa shape index (κ1) is 15.7. The van der Waals surface area contributed by atoms with Crippen LogP contribution in [0.25, 0.3) is 10.9 Å². The van der Waals surface area contributed by atoms with Gasteiger partial charge in [0, 0.05) is 17.6 Å². The summed E-state index contributed by atoms with van der Waals surface area (Å²) in [6.07, 6.45) is 1.08. The Hall–Kier alpha value is -2.84. The Balaban J connectivity index is 1.56. The highest BCUT2D eigenvalue weighted by Gasteiger charge is 2.31. The van der Waals surface area contributed by atoms with E-state index in [1.54, 1.807) is 12.5 Å². The molecule has 1 aliphatic carbocycles. The maximum absolute atomic E-state index is 12.9. The molecule has 25 heavy (non-hydrogen) atoms. The number of carbonyl (C=O) groups is 1. The number of nitrogens with one attached hydrogen (secondary N) is 2. The number of hydrogen-bond donors (Lipinski definition) is 2. The Labute approximate surface area is 140 Å². The molecule has 2 heterocycles. The van der Waals surface area contributed by atoms with Crippen LogP contribution in [-0.4, -0.2) is 25.7 Å². The summed E-state index contributed by atoms with van der Waals surface area (Å²) in [7, 11) is 0. The number of alkyl halides is 3. The van der Waals surface area contributed by atoms with Crippen molar-refractivity contribution in [2.24, 2.45) is 0 Å². The first-order valence-corrected chi connectivity index (χ1v) is 7.77. The number of fused-ring (bicyclic) bond motifs is 1. The summed E-state index contributed by atoms with van der Waals surface area (Å²) in [5.74, 6) is -0.533. The topological polar surface area (TPSA) is 75.6 Å². The summed E-state index contributed by atoms with van der Waals surface area (Å²) in [5.41, 5.74) is 0.355. The van der Waals surface area contributed by atoms with Gasteiger partial charge in [-0.15, -0.1) is 0 Å². The third kappa shape index (κ3) is 2.97. The van der Waals surface area contributed by atoms with Gasteiger partial charge in [0.2, 0.25) is 0 Å². The van der Waals surface area contributed by atoms with Crippen LogP contribution in [0, 0.1) is 0 Å². The Morgan fingerprint density at radius 1 is 1.36 bits per heavy atom. The molecular formula is C16H14F3N5O. The van der Waals surface area contributed by atoms with Crippen LogP contribution in [0.2, 0.25) is 0 Å². The fourth-order valence-electron chi connectivity index (χ4n) is 2.77. The van der Waals surface area contributed by atoms with Crippen molar-refractivity contribution < 1.29 is 18.0 Å². The van der Waals surface area contributed by atoms with Crippen LogP contribution in [0.15, 0.2) is 30.7 Å². The van der Waals surface area contributed by atoms with Crippen LogP contribution in [-0.2, 0) is 12.7 Å². The number of amides is 1. The highest BCUT2D eigenvalue weighted by Crippen LogP contribution is 2.35. The van der Waals surface area contributed by atoms with E-state index in [4.69, 9.17) is 0 Å².